The number of nitrogens with zero attached hydrogens (tertiary/aromatic N) is 3. The van der Waals surface area contributed by atoms with Gasteiger partial charge in [0.05, 0.1) is 0 Å². The first-order valence-electron chi connectivity index (χ1n) is 6.85. The van der Waals surface area contributed by atoms with Crippen molar-refractivity contribution in [2.24, 2.45) is 0 Å². The highest BCUT2D eigenvalue weighted by molar-refractivity contribution is 5.86. The van der Waals surface area contributed by atoms with Crippen molar-refractivity contribution < 1.29 is 4.52 Å². The number of benzene rings is 2. The average molecular weight is 287 g/mol. The molecule has 0 N–H and O–H groups in total. The van der Waals surface area contributed by atoms with Gasteiger partial charge in [-0.2, -0.15) is 10.2 Å². The normalized spacial score (nSPS) is 11.2. The molecular formula is C18H13N3O. The zero-order valence-electron chi connectivity index (χ0n) is 12.0. The summed E-state index contributed by atoms with van der Waals surface area (Å²) in [4.78, 5) is 4.34. The fourth-order valence-corrected chi connectivity index (χ4v) is 2.12. The summed E-state index contributed by atoms with van der Waals surface area (Å²) in [5.74, 6) is 0.715. The van der Waals surface area contributed by atoms with Crippen LogP contribution < -0.4 is 0 Å². The molecule has 1 aromatic heterocycles. The molecule has 0 bridgehead atoms. The second kappa shape index (κ2) is 6.06. The number of rotatable bonds is 3. The van der Waals surface area contributed by atoms with Crippen molar-refractivity contribution >= 4 is 11.6 Å². The Hall–Kier alpha value is -3.19. The lowest BCUT2D eigenvalue weighted by molar-refractivity contribution is 0.409. The third-order valence-corrected chi connectivity index (χ3v) is 3.27. The molecule has 0 unspecified atom stereocenters. The van der Waals surface area contributed by atoms with E-state index in [1.807, 2.05) is 61.5 Å². The average Bonchev–Trinajstić information content (AvgIpc) is 3.03. The second-order valence-corrected chi connectivity index (χ2v) is 4.82. The molecule has 0 atom stereocenters. The summed E-state index contributed by atoms with van der Waals surface area (Å²) in [6.07, 6.45) is 1.73. The number of nitriles is 1. The lowest BCUT2D eigenvalue weighted by Crippen LogP contribution is -1.86. The fraction of sp³-hybridized carbons (Fsp3) is 0.0556. The van der Waals surface area contributed by atoms with E-state index in [0.717, 1.165) is 16.7 Å². The molecule has 0 aliphatic rings. The number of hydrogen-bond acceptors (Lipinski definition) is 4. The Morgan fingerprint density at radius 3 is 2.55 bits per heavy atom. The molecule has 4 heteroatoms. The van der Waals surface area contributed by atoms with Crippen LogP contribution >= 0.6 is 0 Å². The molecule has 0 radical (unpaired) electrons. The molecule has 0 spiro atoms. The van der Waals surface area contributed by atoms with Gasteiger partial charge in [0.15, 0.2) is 0 Å². The van der Waals surface area contributed by atoms with E-state index in [1.165, 1.54) is 0 Å². The molecule has 0 saturated carbocycles. The zero-order chi connectivity index (χ0) is 15.4. The highest BCUT2D eigenvalue weighted by Gasteiger charge is 2.13. The van der Waals surface area contributed by atoms with Crippen molar-refractivity contribution in [3.63, 3.8) is 0 Å². The van der Waals surface area contributed by atoms with Crippen molar-refractivity contribution in [2.75, 3.05) is 0 Å². The van der Waals surface area contributed by atoms with Crippen LogP contribution in [0.4, 0.5) is 0 Å². The van der Waals surface area contributed by atoms with Crippen molar-refractivity contribution in [3.05, 3.63) is 71.6 Å². The van der Waals surface area contributed by atoms with Crippen LogP contribution in [-0.4, -0.2) is 10.1 Å². The number of allylic oxidation sites excluding steroid dienone is 1. The summed E-state index contributed by atoms with van der Waals surface area (Å²) in [5.41, 5.74) is 3.21. The summed E-state index contributed by atoms with van der Waals surface area (Å²) < 4.78 is 5.25. The second-order valence-electron chi connectivity index (χ2n) is 4.82. The van der Waals surface area contributed by atoms with E-state index in [4.69, 9.17) is 4.52 Å². The van der Waals surface area contributed by atoms with Crippen LogP contribution in [0.15, 0.2) is 59.1 Å². The SMILES string of the molecule is Cc1ccccc1-c1noc(/C(C#N)=C/c2ccccc2)n1. The first-order valence-corrected chi connectivity index (χ1v) is 6.85. The maximum absolute atomic E-state index is 9.33. The van der Waals surface area contributed by atoms with E-state index in [1.54, 1.807) is 6.08 Å². The Labute approximate surface area is 128 Å². The van der Waals surface area contributed by atoms with Gasteiger partial charge < -0.3 is 4.52 Å². The molecule has 0 aliphatic carbocycles. The molecule has 22 heavy (non-hydrogen) atoms. The van der Waals surface area contributed by atoms with Crippen LogP contribution in [-0.2, 0) is 0 Å². The Kier molecular flexibility index (Phi) is 3.80. The van der Waals surface area contributed by atoms with Crippen molar-refractivity contribution in [3.8, 4) is 17.5 Å². The minimum atomic E-state index is 0.226. The van der Waals surface area contributed by atoms with E-state index in [9.17, 15) is 5.26 Å². The van der Waals surface area contributed by atoms with E-state index in [0.29, 0.717) is 11.4 Å². The van der Waals surface area contributed by atoms with Crippen LogP contribution in [0.2, 0.25) is 0 Å². The summed E-state index contributed by atoms with van der Waals surface area (Å²) in [5, 5.41) is 13.3. The molecule has 2 aromatic carbocycles. The number of aromatic nitrogens is 2. The van der Waals surface area contributed by atoms with Crippen LogP contribution in [0.5, 0.6) is 0 Å². The van der Waals surface area contributed by atoms with Gasteiger partial charge in [0, 0.05) is 5.56 Å². The van der Waals surface area contributed by atoms with Crippen LogP contribution in [0, 0.1) is 18.3 Å². The monoisotopic (exact) mass is 287 g/mol. The van der Waals surface area contributed by atoms with Gasteiger partial charge in [-0.1, -0.05) is 59.8 Å². The summed E-state index contributed by atoms with van der Waals surface area (Å²) in [6.45, 7) is 1.98. The molecule has 3 rings (SSSR count). The van der Waals surface area contributed by atoms with Gasteiger partial charge in [-0.3, -0.25) is 0 Å². The predicted molar refractivity (Wildman–Crippen MR) is 84.4 cm³/mol. The Bertz CT molecular complexity index is 857. The van der Waals surface area contributed by atoms with E-state index in [2.05, 4.69) is 16.2 Å². The van der Waals surface area contributed by atoms with Crippen molar-refractivity contribution in [2.45, 2.75) is 6.92 Å². The molecule has 4 nitrogen and oxygen atoms in total. The molecule has 1 heterocycles. The van der Waals surface area contributed by atoms with Gasteiger partial charge in [0.2, 0.25) is 5.82 Å². The third-order valence-electron chi connectivity index (χ3n) is 3.27. The van der Waals surface area contributed by atoms with Crippen LogP contribution in [0.3, 0.4) is 0 Å². The van der Waals surface area contributed by atoms with Crippen molar-refractivity contribution in [1.29, 1.82) is 5.26 Å². The lowest BCUT2D eigenvalue weighted by atomic mass is 10.1. The van der Waals surface area contributed by atoms with E-state index < -0.39 is 0 Å². The largest absolute Gasteiger partial charge is 0.333 e. The van der Waals surface area contributed by atoms with Crippen LogP contribution in [0.1, 0.15) is 17.0 Å². The first kappa shape index (κ1) is 13.8. The topological polar surface area (TPSA) is 62.7 Å². The number of hydrogen-bond donors (Lipinski definition) is 0. The van der Waals surface area contributed by atoms with Crippen LogP contribution in [0.25, 0.3) is 23.0 Å². The van der Waals surface area contributed by atoms with E-state index in [-0.39, 0.29) is 5.89 Å². The minimum Gasteiger partial charge on any atom is -0.333 e. The molecule has 0 saturated heterocycles. The molecular weight excluding hydrogens is 274 g/mol. The standard InChI is InChI=1S/C18H13N3O/c1-13-7-5-6-10-16(13)17-20-18(22-21-17)15(12-19)11-14-8-3-2-4-9-14/h2-11H,1H3/b15-11+. The maximum Gasteiger partial charge on any atom is 0.268 e. The Morgan fingerprint density at radius 1 is 1.09 bits per heavy atom. The first-order chi connectivity index (χ1) is 10.8. The Morgan fingerprint density at radius 2 is 1.82 bits per heavy atom. The maximum atomic E-state index is 9.33. The molecule has 106 valence electrons. The third kappa shape index (κ3) is 2.79. The summed E-state index contributed by atoms with van der Waals surface area (Å²) in [6, 6.07) is 19.5. The predicted octanol–water partition coefficient (Wildman–Crippen LogP) is 4.11. The molecule has 3 aromatic rings. The fourth-order valence-electron chi connectivity index (χ4n) is 2.12. The van der Waals surface area contributed by atoms with Gasteiger partial charge in [0.1, 0.15) is 11.6 Å². The number of aryl methyl sites for hydroxylation is 1. The molecule has 0 aliphatic heterocycles. The van der Waals surface area contributed by atoms with Gasteiger partial charge in [-0.05, 0) is 24.1 Å². The molecule has 0 fully saturated rings. The quantitative estimate of drug-likeness (QED) is 0.680. The molecule has 0 amide bonds. The van der Waals surface area contributed by atoms with Crippen molar-refractivity contribution in [1.82, 2.24) is 10.1 Å². The van der Waals surface area contributed by atoms with Gasteiger partial charge >= 0.3 is 0 Å². The van der Waals surface area contributed by atoms with E-state index >= 15 is 0 Å². The highest BCUT2D eigenvalue weighted by atomic mass is 16.5. The zero-order valence-corrected chi connectivity index (χ0v) is 12.0. The minimum absolute atomic E-state index is 0.226. The highest BCUT2D eigenvalue weighted by Crippen LogP contribution is 2.23. The summed E-state index contributed by atoms with van der Waals surface area (Å²) in [7, 11) is 0. The lowest BCUT2D eigenvalue weighted by Gasteiger charge is -1.98. The van der Waals surface area contributed by atoms with Gasteiger partial charge in [-0.15, -0.1) is 0 Å². The smallest absolute Gasteiger partial charge is 0.268 e. The summed E-state index contributed by atoms with van der Waals surface area (Å²) >= 11 is 0. The van der Waals surface area contributed by atoms with Gasteiger partial charge in [0.25, 0.3) is 5.89 Å². The van der Waals surface area contributed by atoms with Gasteiger partial charge in [-0.25, -0.2) is 0 Å². The Balaban J connectivity index is 1.98.